The monoisotopic (exact) mass is 798 g/mol. The number of rotatable bonds is 8. The minimum absolute atomic E-state index is 0.0808. The number of imide groups is 2. The summed E-state index contributed by atoms with van der Waals surface area (Å²) in [5.41, 5.74) is 9.75. The van der Waals surface area contributed by atoms with Crippen LogP contribution in [0.3, 0.4) is 0 Å². The summed E-state index contributed by atoms with van der Waals surface area (Å²) in [6, 6.07) is 21.6. The first-order valence-corrected chi connectivity index (χ1v) is 20.2. The van der Waals surface area contributed by atoms with Gasteiger partial charge in [0.2, 0.25) is 11.8 Å². The Bertz CT molecular complexity index is 2470. The molecule has 10 rings (SSSR count). The Hall–Kier alpha value is -6.26. The van der Waals surface area contributed by atoms with Gasteiger partial charge < -0.3 is 15.4 Å². The molecule has 0 saturated carbocycles. The second-order valence-electron chi connectivity index (χ2n) is 16.1. The lowest BCUT2D eigenvalue weighted by Gasteiger charge is -2.50. The maximum atomic E-state index is 16.3. The SMILES string of the molecule is Nc1ncnc2c1c(-c1ccc(Oc3ccccc3)cc1)nn2[C@H]1CCN(C2CCN(C3CN(c4ccc5c(c4)C(=O)N(C4CCC(=O)NC4=O)C5=O)C3)CC2)C[C@@H]1F. The molecule has 15 nitrogen and oxygen atoms in total. The van der Waals surface area contributed by atoms with E-state index < -0.39 is 41.9 Å². The second-order valence-corrected chi connectivity index (χ2v) is 16.1. The molecule has 5 aliphatic heterocycles. The Morgan fingerprint density at radius 2 is 1.49 bits per heavy atom. The molecule has 0 radical (unpaired) electrons. The van der Waals surface area contributed by atoms with E-state index in [2.05, 4.69) is 30.0 Å². The van der Waals surface area contributed by atoms with Gasteiger partial charge in [0.15, 0.2) is 5.65 Å². The maximum Gasteiger partial charge on any atom is 0.262 e. The number of nitrogen functional groups attached to an aromatic ring is 1. The fraction of sp³-hybridized carbons (Fsp3) is 0.372. The van der Waals surface area contributed by atoms with E-state index in [1.165, 1.54) is 6.33 Å². The van der Waals surface area contributed by atoms with Crippen LogP contribution < -0.4 is 20.7 Å². The quantitative estimate of drug-likeness (QED) is 0.215. The number of halogens is 1. The third-order valence-corrected chi connectivity index (χ3v) is 12.7. The molecule has 3 atom stereocenters. The number of likely N-dealkylation sites (tertiary alicyclic amines) is 2. The van der Waals surface area contributed by atoms with E-state index in [-0.39, 0.29) is 30.0 Å². The number of nitrogens with two attached hydrogens (primary N) is 1. The lowest BCUT2D eigenvalue weighted by atomic mass is 9.94. The van der Waals surface area contributed by atoms with Crippen molar-refractivity contribution in [2.75, 3.05) is 49.9 Å². The van der Waals surface area contributed by atoms with Crippen LogP contribution in [0, 0.1) is 0 Å². The molecule has 16 heteroatoms. The number of hydrogen-bond acceptors (Lipinski definition) is 12. The number of carbonyl (C=O) groups excluding carboxylic acids is 4. The van der Waals surface area contributed by atoms with Gasteiger partial charge in [-0.1, -0.05) is 18.2 Å². The van der Waals surface area contributed by atoms with E-state index in [4.69, 9.17) is 15.6 Å². The molecule has 5 aliphatic rings. The van der Waals surface area contributed by atoms with Crippen molar-refractivity contribution in [2.45, 2.75) is 62.4 Å². The molecule has 1 unspecified atom stereocenters. The molecule has 3 N–H and O–H groups in total. The highest BCUT2D eigenvalue weighted by Gasteiger charge is 2.45. The van der Waals surface area contributed by atoms with Gasteiger partial charge in [0, 0.05) is 69.0 Å². The average molecular weight is 799 g/mol. The zero-order chi connectivity index (χ0) is 40.4. The van der Waals surface area contributed by atoms with Crippen molar-refractivity contribution in [1.29, 1.82) is 0 Å². The van der Waals surface area contributed by atoms with Crippen molar-refractivity contribution in [3.05, 3.63) is 90.3 Å². The van der Waals surface area contributed by atoms with E-state index in [1.54, 1.807) is 16.8 Å². The van der Waals surface area contributed by atoms with E-state index in [0.29, 0.717) is 47.3 Å². The third kappa shape index (κ3) is 6.65. The van der Waals surface area contributed by atoms with Crippen molar-refractivity contribution in [2.24, 2.45) is 0 Å². The lowest BCUT2D eigenvalue weighted by molar-refractivity contribution is -0.136. The number of hydrogen-bond donors (Lipinski definition) is 2. The highest BCUT2D eigenvalue weighted by atomic mass is 19.1. The van der Waals surface area contributed by atoms with Crippen molar-refractivity contribution in [1.82, 2.24) is 39.8 Å². The summed E-state index contributed by atoms with van der Waals surface area (Å²) in [4.78, 5) is 67.3. The standard InChI is InChI=1S/C43H43FN10O5/c44-33-23-51(19-16-34(33)54-40-37(39(45)46-24-47-40)38(49-54)25-6-9-30(10-7-25)59-29-4-2-1-3-5-29)26-14-17-50(18-15-26)28-21-52(22-28)27-8-11-31-32(20-27)43(58)53(42(31)57)35-12-13-36(55)48-41(35)56/h1-11,20,24,26,28,33-35H,12-19,21-23H2,(H2,45,46,47)(H,48,55,56)/t33-,34-,35?/m0/s1. The fourth-order valence-electron chi connectivity index (χ4n) is 9.43. The zero-order valence-corrected chi connectivity index (χ0v) is 32.2. The Labute approximate surface area is 338 Å². The number of nitrogens with zero attached hydrogens (tertiary/aromatic N) is 8. The summed E-state index contributed by atoms with van der Waals surface area (Å²) in [6.45, 7) is 4.47. The van der Waals surface area contributed by atoms with Crippen molar-refractivity contribution in [3.8, 4) is 22.8 Å². The summed E-state index contributed by atoms with van der Waals surface area (Å²) in [6.07, 6.45) is 2.94. The highest BCUT2D eigenvalue weighted by Crippen LogP contribution is 2.38. The topological polar surface area (TPSA) is 172 Å². The number of aromatic nitrogens is 4. The van der Waals surface area contributed by atoms with Crippen LogP contribution in [0.15, 0.2) is 79.1 Å². The number of para-hydroxylation sites is 1. The van der Waals surface area contributed by atoms with Gasteiger partial charge in [-0.2, -0.15) is 5.10 Å². The predicted molar refractivity (Wildman–Crippen MR) is 216 cm³/mol. The largest absolute Gasteiger partial charge is 0.457 e. The van der Waals surface area contributed by atoms with Gasteiger partial charge in [0.05, 0.1) is 22.6 Å². The Kier molecular flexibility index (Phi) is 9.32. The lowest BCUT2D eigenvalue weighted by Crippen LogP contribution is -2.62. The van der Waals surface area contributed by atoms with Gasteiger partial charge in [-0.25, -0.2) is 19.0 Å². The molecule has 5 aromatic rings. The Balaban J connectivity index is 0.745. The number of alkyl halides is 1. The van der Waals surface area contributed by atoms with E-state index >= 15 is 4.39 Å². The minimum atomic E-state index is -1.15. The average Bonchev–Trinajstić information content (AvgIpc) is 3.73. The molecule has 4 amide bonds. The zero-order valence-electron chi connectivity index (χ0n) is 32.2. The van der Waals surface area contributed by atoms with Gasteiger partial charge in [0.25, 0.3) is 11.8 Å². The van der Waals surface area contributed by atoms with Crippen LogP contribution in [0.2, 0.25) is 0 Å². The van der Waals surface area contributed by atoms with Crippen LogP contribution in [-0.4, -0.2) is 122 Å². The Morgan fingerprint density at radius 3 is 2.24 bits per heavy atom. The smallest absolute Gasteiger partial charge is 0.262 e. The summed E-state index contributed by atoms with van der Waals surface area (Å²) in [5, 5.41) is 7.78. The number of piperidine rings is 3. The fourth-order valence-corrected chi connectivity index (χ4v) is 9.43. The summed E-state index contributed by atoms with van der Waals surface area (Å²) >= 11 is 0. The van der Waals surface area contributed by atoms with Gasteiger partial charge in [-0.3, -0.25) is 39.2 Å². The van der Waals surface area contributed by atoms with E-state index in [9.17, 15) is 19.2 Å². The third-order valence-electron chi connectivity index (χ3n) is 12.7. The highest BCUT2D eigenvalue weighted by molar-refractivity contribution is 6.23. The molecule has 3 aromatic carbocycles. The number of carbonyl (C=O) groups is 4. The van der Waals surface area contributed by atoms with Gasteiger partial charge in [-0.05, 0) is 80.3 Å². The number of benzene rings is 3. The maximum absolute atomic E-state index is 16.3. The second kappa shape index (κ2) is 14.8. The van der Waals surface area contributed by atoms with Gasteiger partial charge >= 0.3 is 0 Å². The van der Waals surface area contributed by atoms with Gasteiger partial charge in [0.1, 0.15) is 41.6 Å². The summed E-state index contributed by atoms with van der Waals surface area (Å²) in [7, 11) is 0. The molecule has 4 fully saturated rings. The van der Waals surface area contributed by atoms with E-state index in [0.717, 1.165) is 67.5 Å². The predicted octanol–water partition coefficient (Wildman–Crippen LogP) is 4.21. The number of anilines is 2. The van der Waals surface area contributed by atoms with Crippen LogP contribution in [0.25, 0.3) is 22.3 Å². The first-order valence-electron chi connectivity index (χ1n) is 20.2. The molecule has 0 bridgehead atoms. The molecule has 2 aromatic heterocycles. The normalized spacial score (nSPS) is 23.4. The molecular formula is C43H43FN10O5. The van der Waals surface area contributed by atoms with Crippen LogP contribution >= 0.6 is 0 Å². The molecule has 0 aliphatic carbocycles. The van der Waals surface area contributed by atoms with E-state index in [1.807, 2.05) is 60.7 Å². The van der Waals surface area contributed by atoms with Crippen molar-refractivity contribution >= 4 is 46.2 Å². The minimum Gasteiger partial charge on any atom is -0.457 e. The number of nitrogens with one attached hydrogen (secondary N) is 1. The molecule has 59 heavy (non-hydrogen) atoms. The van der Waals surface area contributed by atoms with Crippen LogP contribution in [0.4, 0.5) is 15.9 Å². The number of amides is 4. The Morgan fingerprint density at radius 1 is 0.763 bits per heavy atom. The van der Waals surface area contributed by atoms with Crippen molar-refractivity contribution in [3.63, 3.8) is 0 Å². The van der Waals surface area contributed by atoms with Crippen LogP contribution in [-0.2, 0) is 9.59 Å². The van der Waals surface area contributed by atoms with Crippen LogP contribution in [0.5, 0.6) is 11.5 Å². The first kappa shape index (κ1) is 37.0. The molecule has 0 spiro atoms. The summed E-state index contributed by atoms with van der Waals surface area (Å²) < 4.78 is 24.0. The molecular weight excluding hydrogens is 756 g/mol. The number of fused-ring (bicyclic) bond motifs is 2. The molecule has 4 saturated heterocycles. The molecule has 302 valence electrons. The summed E-state index contributed by atoms with van der Waals surface area (Å²) in [5.74, 6) is -0.309. The van der Waals surface area contributed by atoms with Crippen LogP contribution in [0.1, 0.15) is 58.9 Å². The van der Waals surface area contributed by atoms with Crippen molar-refractivity contribution < 1.29 is 28.3 Å². The van der Waals surface area contributed by atoms with Gasteiger partial charge in [-0.15, -0.1) is 0 Å². The first-order chi connectivity index (χ1) is 28.7. The number of ether oxygens (including phenoxy) is 1. The molecule has 7 heterocycles.